The number of ether oxygens (including phenoxy) is 3. The van der Waals surface area contributed by atoms with Crippen molar-refractivity contribution in [1.29, 1.82) is 0 Å². The molecule has 2 aliphatic rings. The van der Waals surface area contributed by atoms with Crippen LogP contribution in [-0.4, -0.2) is 68.3 Å². The van der Waals surface area contributed by atoms with Crippen molar-refractivity contribution in [2.45, 2.75) is 33.0 Å². The molecule has 0 saturated heterocycles. The number of halogens is 2. The van der Waals surface area contributed by atoms with Crippen LogP contribution in [-0.2, 0) is 22.6 Å². The number of rotatable bonds is 3. The number of hydrogen-bond acceptors (Lipinski definition) is 8. The Morgan fingerprint density at radius 1 is 1.02 bits per heavy atom. The lowest BCUT2D eigenvalue weighted by Gasteiger charge is -2.33. The van der Waals surface area contributed by atoms with Crippen molar-refractivity contribution in [2.75, 3.05) is 33.0 Å². The third kappa shape index (κ3) is 5.85. The van der Waals surface area contributed by atoms with Crippen molar-refractivity contribution in [3.63, 3.8) is 0 Å². The highest BCUT2D eigenvalue weighted by Gasteiger charge is 2.32. The van der Waals surface area contributed by atoms with Crippen molar-refractivity contribution >= 4 is 38.2 Å². The van der Waals surface area contributed by atoms with Gasteiger partial charge in [0.05, 0.1) is 48.3 Å². The number of amides is 1. The number of carbonyl (C=O) groups is 1. The average Bonchev–Trinajstić information content (AvgIpc) is 3.88. The molecule has 0 aliphatic carbocycles. The van der Waals surface area contributed by atoms with Crippen molar-refractivity contribution in [1.82, 2.24) is 29.4 Å². The van der Waals surface area contributed by atoms with Gasteiger partial charge in [-0.25, -0.2) is 13.8 Å². The summed E-state index contributed by atoms with van der Waals surface area (Å²) >= 11 is 1.42. The fraction of sp³-hybridized carbons (Fsp3) is 0.263. The minimum Gasteiger partial charge on any atom is -0.490 e. The molecule has 0 fully saturated rings. The summed E-state index contributed by atoms with van der Waals surface area (Å²) in [7, 11) is 0. The summed E-state index contributed by atoms with van der Waals surface area (Å²) in [6.07, 6.45) is 7.01. The quantitative estimate of drug-likeness (QED) is 0.138. The Hall–Kier alpha value is -5.40. The zero-order valence-corrected chi connectivity index (χ0v) is 28.9. The first-order chi connectivity index (χ1) is 24.8. The van der Waals surface area contributed by atoms with Crippen LogP contribution in [0, 0.1) is 11.6 Å². The van der Waals surface area contributed by atoms with Gasteiger partial charge in [0.25, 0.3) is 0 Å². The van der Waals surface area contributed by atoms with Gasteiger partial charge in [-0.15, -0.1) is 11.3 Å². The van der Waals surface area contributed by atoms with E-state index in [0.29, 0.717) is 59.3 Å². The van der Waals surface area contributed by atoms with Crippen LogP contribution < -0.4 is 9.47 Å². The first-order valence-corrected chi connectivity index (χ1v) is 17.6. The summed E-state index contributed by atoms with van der Waals surface area (Å²) in [5.74, 6) is -1.14. The molecule has 4 aromatic heterocycles. The van der Waals surface area contributed by atoms with Gasteiger partial charge in [-0.05, 0) is 49.6 Å². The van der Waals surface area contributed by atoms with Gasteiger partial charge in [-0.3, -0.25) is 14.2 Å². The maximum atomic E-state index is 16.3. The molecule has 51 heavy (non-hydrogen) atoms. The zero-order chi connectivity index (χ0) is 35.2. The Balaban J connectivity index is 1.44. The molecule has 260 valence electrons. The minimum absolute atomic E-state index is 0.0268. The van der Waals surface area contributed by atoms with E-state index in [1.807, 2.05) is 71.2 Å². The zero-order valence-electron chi connectivity index (χ0n) is 28.1. The topological polar surface area (TPSA) is 96.5 Å². The smallest absolute Gasteiger partial charge is 0.246 e. The largest absolute Gasteiger partial charge is 0.490 e. The molecule has 0 unspecified atom stereocenters. The van der Waals surface area contributed by atoms with Crippen LogP contribution in [0.3, 0.4) is 0 Å². The van der Waals surface area contributed by atoms with Gasteiger partial charge in [-0.1, -0.05) is 12.7 Å². The number of nitrogens with zero attached hydrogens (tertiary/aromatic N) is 6. The molecular weight excluding hydrogens is 675 g/mol. The van der Waals surface area contributed by atoms with Crippen LogP contribution in [0.25, 0.3) is 54.8 Å². The number of aromatic nitrogens is 5. The highest BCUT2D eigenvalue weighted by atomic mass is 32.1. The highest BCUT2D eigenvalue weighted by Crippen LogP contribution is 2.49. The Labute approximate surface area is 296 Å². The number of carbonyl (C=O) groups excluding carboxylic acids is 1. The van der Waals surface area contributed by atoms with Crippen molar-refractivity contribution in [2.24, 2.45) is 0 Å². The lowest BCUT2D eigenvalue weighted by Crippen LogP contribution is -2.40. The predicted molar refractivity (Wildman–Crippen MR) is 192 cm³/mol. The van der Waals surface area contributed by atoms with Gasteiger partial charge < -0.3 is 19.1 Å². The average molecular weight is 709 g/mol. The Kier molecular flexibility index (Phi) is 8.60. The molecule has 2 aliphatic heterocycles. The summed E-state index contributed by atoms with van der Waals surface area (Å²) in [4.78, 5) is 19.8. The van der Waals surface area contributed by atoms with E-state index >= 15 is 4.39 Å². The molecule has 13 heteroatoms. The molecule has 10 nitrogen and oxygen atoms in total. The van der Waals surface area contributed by atoms with E-state index in [0.717, 1.165) is 33.6 Å². The number of pyridine rings is 1. The van der Waals surface area contributed by atoms with E-state index in [4.69, 9.17) is 29.4 Å². The Morgan fingerprint density at radius 2 is 1.88 bits per heavy atom. The SMILES string of the molecule is C=CC(=O)N1CCn2nc(-c3nc4c5ccsc5c3-c3c(F)cc(F)cc3OCCOC/C=C/COc3cc5nn(CC)cc5cc3-4)cc2[C@@H]1C. The molecule has 0 spiro atoms. The first kappa shape index (κ1) is 32.8. The summed E-state index contributed by atoms with van der Waals surface area (Å²) in [5, 5.41) is 13.3. The van der Waals surface area contributed by atoms with Crippen molar-refractivity contribution in [3.05, 3.63) is 90.1 Å². The van der Waals surface area contributed by atoms with Crippen molar-refractivity contribution in [3.8, 4) is 45.3 Å². The Morgan fingerprint density at radius 3 is 2.73 bits per heavy atom. The number of aryl methyl sites for hydroxylation is 1. The lowest BCUT2D eigenvalue weighted by molar-refractivity contribution is -0.129. The van der Waals surface area contributed by atoms with Crippen LogP contribution in [0.2, 0.25) is 0 Å². The molecule has 6 heterocycles. The maximum Gasteiger partial charge on any atom is 0.246 e. The molecule has 8 rings (SSSR count). The lowest BCUT2D eigenvalue weighted by atomic mass is 9.95. The van der Waals surface area contributed by atoms with Crippen LogP contribution in [0.1, 0.15) is 25.6 Å². The van der Waals surface area contributed by atoms with Gasteiger partial charge in [-0.2, -0.15) is 10.2 Å². The molecule has 0 saturated carbocycles. The molecule has 1 atom stereocenters. The van der Waals surface area contributed by atoms with Crippen LogP contribution >= 0.6 is 11.3 Å². The fourth-order valence-electron chi connectivity index (χ4n) is 6.80. The summed E-state index contributed by atoms with van der Waals surface area (Å²) in [6, 6.07) is 9.50. The van der Waals surface area contributed by atoms with Gasteiger partial charge in [0.15, 0.2) is 0 Å². The second-order valence-corrected chi connectivity index (χ2v) is 13.2. The number of benzene rings is 2. The molecule has 0 N–H and O–H groups in total. The fourth-order valence-corrected chi connectivity index (χ4v) is 7.74. The van der Waals surface area contributed by atoms with E-state index < -0.39 is 11.6 Å². The molecule has 0 radical (unpaired) electrons. The molecule has 2 aromatic carbocycles. The number of fused-ring (bicyclic) bond motifs is 6. The third-order valence-electron chi connectivity index (χ3n) is 9.27. The van der Waals surface area contributed by atoms with Gasteiger partial charge in [0.1, 0.15) is 47.7 Å². The van der Waals surface area contributed by atoms with Gasteiger partial charge >= 0.3 is 0 Å². The summed E-state index contributed by atoms with van der Waals surface area (Å²) in [6.45, 7) is 10.0. The van der Waals surface area contributed by atoms with Crippen LogP contribution in [0.4, 0.5) is 8.78 Å². The second kappa shape index (κ2) is 13.4. The minimum atomic E-state index is -0.796. The van der Waals surface area contributed by atoms with Gasteiger partial charge in [0.2, 0.25) is 5.91 Å². The van der Waals surface area contributed by atoms with Crippen molar-refractivity contribution < 1.29 is 27.8 Å². The number of hydrogen-bond donors (Lipinski definition) is 0. The first-order valence-electron chi connectivity index (χ1n) is 16.8. The highest BCUT2D eigenvalue weighted by molar-refractivity contribution is 7.18. The standard InChI is InChI=1S/C38H34F2N6O4S/c1-4-33(47)45-9-10-46-30(22(45)3)19-29(43-46)37-35-34-27(40)17-24(39)18-32(34)50-14-13-48-11-6-7-12-49-31-20-28-23(21-44(5-2)42-28)16-26(31)36(41-37)25-8-15-51-38(25)35/h4,6-8,15-22H,1,5,9-14H2,2-3H3/b7-6+/t22-/m0/s1. The molecule has 6 aromatic rings. The van der Waals surface area contributed by atoms with Crippen LogP contribution in [0.15, 0.2) is 72.8 Å². The molecule has 2 bridgehead atoms. The van der Waals surface area contributed by atoms with E-state index in [9.17, 15) is 9.18 Å². The van der Waals surface area contributed by atoms with Gasteiger partial charge in [0, 0.05) is 64.1 Å². The number of thiophene rings is 1. The van der Waals surface area contributed by atoms with E-state index in [-0.39, 0.29) is 43.1 Å². The third-order valence-corrected chi connectivity index (χ3v) is 10.2. The van der Waals surface area contributed by atoms with Crippen LogP contribution in [0.5, 0.6) is 11.5 Å². The van der Waals surface area contributed by atoms with E-state index in [1.165, 1.54) is 23.5 Å². The molecule has 1 amide bonds. The monoisotopic (exact) mass is 708 g/mol. The summed E-state index contributed by atoms with van der Waals surface area (Å²) in [5.41, 5.74) is 4.24. The summed E-state index contributed by atoms with van der Waals surface area (Å²) < 4.78 is 53.7. The second-order valence-electron chi connectivity index (χ2n) is 12.3. The maximum absolute atomic E-state index is 16.3. The predicted octanol–water partition coefficient (Wildman–Crippen LogP) is 7.57. The Bertz CT molecular complexity index is 2360. The normalized spacial score (nSPS) is 16.9. The van der Waals surface area contributed by atoms with E-state index in [1.54, 1.807) is 4.90 Å². The molecular formula is C38H34F2N6O4S. The van der Waals surface area contributed by atoms with E-state index in [2.05, 4.69) is 6.58 Å².